The van der Waals surface area contributed by atoms with Crippen molar-refractivity contribution in [3.8, 4) is 22.9 Å². The van der Waals surface area contributed by atoms with Gasteiger partial charge >= 0.3 is 0 Å². The van der Waals surface area contributed by atoms with Crippen LogP contribution >= 0.6 is 0 Å². The van der Waals surface area contributed by atoms with E-state index in [4.69, 9.17) is 9.47 Å². The maximum Gasteiger partial charge on any atom is 0.269 e. The van der Waals surface area contributed by atoms with Gasteiger partial charge in [-0.05, 0) is 30.7 Å². The number of methoxy groups -OCH3 is 1. The molecule has 7 heteroatoms. The van der Waals surface area contributed by atoms with E-state index in [0.29, 0.717) is 35.9 Å². The van der Waals surface area contributed by atoms with Crippen molar-refractivity contribution in [2.24, 2.45) is 0 Å². The Kier molecular flexibility index (Phi) is 4.27. The summed E-state index contributed by atoms with van der Waals surface area (Å²) in [7, 11) is 1.62. The lowest BCUT2D eigenvalue weighted by molar-refractivity contribution is 0.0909. The molecule has 1 atom stereocenters. The van der Waals surface area contributed by atoms with Crippen LogP contribution in [0.15, 0.2) is 48.7 Å². The predicted octanol–water partition coefficient (Wildman–Crippen LogP) is 2.21. The molecule has 1 aliphatic rings. The largest absolute Gasteiger partial charge is 0.493 e. The van der Waals surface area contributed by atoms with Crippen molar-refractivity contribution in [1.82, 2.24) is 20.5 Å². The summed E-state index contributed by atoms with van der Waals surface area (Å²) >= 11 is 0. The van der Waals surface area contributed by atoms with Gasteiger partial charge in [0.05, 0.1) is 18.8 Å². The average Bonchev–Trinajstić information content (AvgIpc) is 3.18. The molecule has 2 N–H and O–H groups in total. The van der Waals surface area contributed by atoms with Gasteiger partial charge in [0.25, 0.3) is 5.91 Å². The fourth-order valence-corrected chi connectivity index (χ4v) is 2.99. The van der Waals surface area contributed by atoms with Gasteiger partial charge in [0.1, 0.15) is 18.0 Å². The van der Waals surface area contributed by atoms with Crippen LogP contribution in [0, 0.1) is 0 Å². The molecule has 4 rings (SSSR count). The van der Waals surface area contributed by atoms with Crippen molar-refractivity contribution in [2.45, 2.75) is 12.5 Å². The lowest BCUT2D eigenvalue weighted by Gasteiger charge is -2.27. The Morgan fingerprint density at radius 3 is 3.00 bits per heavy atom. The Bertz CT molecular complexity index is 924. The normalized spacial score (nSPS) is 15.7. The summed E-state index contributed by atoms with van der Waals surface area (Å²) in [5.74, 6) is 1.24. The summed E-state index contributed by atoms with van der Waals surface area (Å²) in [5.41, 5.74) is 2.75. The number of aromatic amines is 1. The predicted molar refractivity (Wildman–Crippen MR) is 95.3 cm³/mol. The topological polar surface area (TPSA) is 89.1 Å². The number of hydrogen-bond acceptors (Lipinski definition) is 5. The van der Waals surface area contributed by atoms with Gasteiger partial charge in [0.2, 0.25) is 0 Å². The summed E-state index contributed by atoms with van der Waals surface area (Å²) < 4.78 is 11.1. The highest BCUT2D eigenvalue weighted by atomic mass is 16.5. The molecule has 0 fully saturated rings. The lowest BCUT2D eigenvalue weighted by Crippen LogP contribution is -2.42. The Hall–Kier alpha value is -3.35. The van der Waals surface area contributed by atoms with Crippen LogP contribution in [0.5, 0.6) is 11.5 Å². The number of fused-ring (bicyclic) bond motifs is 1. The molecule has 132 valence electrons. The quantitative estimate of drug-likeness (QED) is 0.753. The van der Waals surface area contributed by atoms with Crippen LogP contribution in [-0.4, -0.2) is 40.8 Å². The molecular formula is C19H18N4O3. The Balaban J connectivity index is 1.45. The van der Waals surface area contributed by atoms with Gasteiger partial charge in [0.15, 0.2) is 11.5 Å². The number of pyridine rings is 1. The summed E-state index contributed by atoms with van der Waals surface area (Å²) in [6, 6.07) is 12.9. The highest BCUT2D eigenvalue weighted by molar-refractivity contribution is 5.93. The molecule has 0 saturated carbocycles. The first kappa shape index (κ1) is 16.1. The van der Waals surface area contributed by atoms with Gasteiger partial charge < -0.3 is 14.8 Å². The number of ether oxygens (including phenoxy) is 2. The third kappa shape index (κ3) is 3.11. The van der Waals surface area contributed by atoms with Crippen LogP contribution in [-0.2, 0) is 6.42 Å². The number of H-pyrrole nitrogens is 1. The number of para-hydroxylation sites is 1. The second-order valence-corrected chi connectivity index (χ2v) is 6.02. The first-order valence-electron chi connectivity index (χ1n) is 8.31. The number of benzene rings is 1. The van der Waals surface area contributed by atoms with E-state index in [1.54, 1.807) is 19.4 Å². The molecule has 1 unspecified atom stereocenters. The minimum atomic E-state index is -0.223. The molecule has 3 aromatic rings. The van der Waals surface area contributed by atoms with E-state index >= 15 is 0 Å². The first-order valence-corrected chi connectivity index (χ1v) is 8.31. The van der Waals surface area contributed by atoms with Crippen LogP contribution in [0.2, 0.25) is 0 Å². The van der Waals surface area contributed by atoms with Gasteiger partial charge in [-0.25, -0.2) is 0 Å². The molecular weight excluding hydrogens is 332 g/mol. The zero-order valence-corrected chi connectivity index (χ0v) is 14.2. The number of nitrogens with zero attached hydrogens (tertiary/aromatic N) is 2. The molecule has 1 amide bonds. The van der Waals surface area contributed by atoms with Crippen molar-refractivity contribution in [3.63, 3.8) is 0 Å². The molecule has 0 bridgehead atoms. The molecule has 3 heterocycles. The van der Waals surface area contributed by atoms with E-state index in [-0.39, 0.29) is 11.9 Å². The Morgan fingerprint density at radius 2 is 2.19 bits per heavy atom. The van der Waals surface area contributed by atoms with E-state index in [1.807, 2.05) is 36.4 Å². The number of nitrogens with one attached hydrogen (secondary N) is 2. The smallest absolute Gasteiger partial charge is 0.269 e. The SMILES string of the molecule is COc1cccc2c1OCC(NC(=O)c1cc(-c3ccccn3)n[nH]1)C2. The zero-order chi connectivity index (χ0) is 17.9. The number of aromatic nitrogens is 3. The second kappa shape index (κ2) is 6.87. The van der Waals surface area contributed by atoms with Crippen molar-refractivity contribution in [3.05, 3.63) is 59.9 Å². The molecule has 0 radical (unpaired) electrons. The molecule has 7 nitrogen and oxygen atoms in total. The van der Waals surface area contributed by atoms with E-state index in [1.165, 1.54) is 0 Å². The summed E-state index contributed by atoms with van der Waals surface area (Å²) in [6.07, 6.45) is 2.37. The second-order valence-electron chi connectivity index (χ2n) is 6.02. The van der Waals surface area contributed by atoms with E-state index in [0.717, 1.165) is 11.3 Å². The summed E-state index contributed by atoms with van der Waals surface area (Å²) in [5, 5.41) is 9.91. The molecule has 1 aliphatic heterocycles. The van der Waals surface area contributed by atoms with Crippen LogP contribution in [0.1, 0.15) is 16.1 Å². The fraction of sp³-hybridized carbons (Fsp3) is 0.211. The number of carbonyl (C=O) groups is 1. The van der Waals surface area contributed by atoms with E-state index in [9.17, 15) is 4.79 Å². The van der Waals surface area contributed by atoms with Gasteiger partial charge in [-0.2, -0.15) is 5.10 Å². The highest BCUT2D eigenvalue weighted by Crippen LogP contribution is 2.34. The third-order valence-corrected chi connectivity index (χ3v) is 4.26. The maximum atomic E-state index is 12.5. The number of rotatable bonds is 4. The maximum absolute atomic E-state index is 12.5. The van der Waals surface area contributed by atoms with Crippen LogP contribution < -0.4 is 14.8 Å². The minimum Gasteiger partial charge on any atom is -0.493 e. The van der Waals surface area contributed by atoms with E-state index < -0.39 is 0 Å². The van der Waals surface area contributed by atoms with Crippen molar-refractivity contribution in [2.75, 3.05) is 13.7 Å². The fourth-order valence-electron chi connectivity index (χ4n) is 2.99. The average molecular weight is 350 g/mol. The Morgan fingerprint density at radius 1 is 1.27 bits per heavy atom. The van der Waals surface area contributed by atoms with Gasteiger partial charge in [-0.3, -0.25) is 14.9 Å². The van der Waals surface area contributed by atoms with Crippen molar-refractivity contribution in [1.29, 1.82) is 0 Å². The van der Waals surface area contributed by atoms with Gasteiger partial charge in [-0.1, -0.05) is 18.2 Å². The number of hydrogen-bond donors (Lipinski definition) is 2. The number of amides is 1. The molecule has 0 aliphatic carbocycles. The van der Waals surface area contributed by atoms with Gasteiger partial charge in [0, 0.05) is 11.8 Å². The first-order chi connectivity index (χ1) is 12.7. The molecule has 0 spiro atoms. The third-order valence-electron chi connectivity index (χ3n) is 4.26. The van der Waals surface area contributed by atoms with Crippen LogP contribution in [0.4, 0.5) is 0 Å². The van der Waals surface area contributed by atoms with Crippen molar-refractivity contribution < 1.29 is 14.3 Å². The van der Waals surface area contributed by atoms with Crippen molar-refractivity contribution >= 4 is 5.91 Å². The zero-order valence-electron chi connectivity index (χ0n) is 14.2. The minimum absolute atomic E-state index is 0.122. The molecule has 1 aromatic carbocycles. The van der Waals surface area contributed by atoms with Crippen LogP contribution in [0.3, 0.4) is 0 Å². The molecule has 2 aromatic heterocycles. The standard InChI is InChI=1S/C19H18N4O3/c1-25-17-7-4-5-12-9-13(11-26-18(12)17)21-19(24)16-10-15(22-23-16)14-6-2-3-8-20-14/h2-8,10,13H,9,11H2,1H3,(H,21,24)(H,22,23). The van der Waals surface area contributed by atoms with Gasteiger partial charge in [-0.15, -0.1) is 0 Å². The molecule has 26 heavy (non-hydrogen) atoms. The Labute approximate surface area is 150 Å². The van der Waals surface area contributed by atoms with E-state index in [2.05, 4.69) is 20.5 Å². The highest BCUT2D eigenvalue weighted by Gasteiger charge is 2.24. The summed E-state index contributed by atoms with van der Waals surface area (Å²) in [6.45, 7) is 0.389. The lowest BCUT2D eigenvalue weighted by atomic mass is 10.0. The molecule has 0 saturated heterocycles. The monoisotopic (exact) mass is 350 g/mol. The number of carbonyl (C=O) groups excluding carboxylic acids is 1. The summed E-state index contributed by atoms with van der Waals surface area (Å²) in [4.78, 5) is 16.7. The van der Waals surface area contributed by atoms with Crippen LogP contribution in [0.25, 0.3) is 11.4 Å².